The van der Waals surface area contributed by atoms with Gasteiger partial charge in [0.2, 0.25) is 10.0 Å². The molecule has 6 heteroatoms. The second-order valence-corrected chi connectivity index (χ2v) is 7.46. The first-order chi connectivity index (χ1) is 9.78. The molecule has 1 unspecified atom stereocenters. The minimum absolute atomic E-state index is 0.102. The summed E-state index contributed by atoms with van der Waals surface area (Å²) in [6.45, 7) is 6.01. The van der Waals surface area contributed by atoms with Crippen molar-refractivity contribution in [3.05, 3.63) is 30.3 Å². The molecule has 114 valence electrons. The summed E-state index contributed by atoms with van der Waals surface area (Å²) in [5.41, 5.74) is 6.30. The maximum atomic E-state index is 12.4. The van der Waals surface area contributed by atoms with E-state index in [0.29, 0.717) is 17.3 Å². The second kappa shape index (κ2) is 5.99. The van der Waals surface area contributed by atoms with Gasteiger partial charge in [0.15, 0.2) is 0 Å². The van der Waals surface area contributed by atoms with Crippen molar-refractivity contribution in [3.8, 4) is 0 Å². The molecule has 1 heterocycles. The number of nitrogen functional groups attached to an aromatic ring is 1. The number of hydrogen-bond acceptors (Lipinski definition) is 4. The molecule has 0 aliphatic carbocycles. The summed E-state index contributed by atoms with van der Waals surface area (Å²) in [4.78, 5) is 4.41. The third-order valence-corrected chi connectivity index (χ3v) is 4.76. The lowest BCUT2D eigenvalue weighted by Crippen LogP contribution is -2.33. The van der Waals surface area contributed by atoms with Gasteiger partial charge < -0.3 is 5.73 Å². The van der Waals surface area contributed by atoms with E-state index in [4.69, 9.17) is 5.73 Å². The van der Waals surface area contributed by atoms with Crippen LogP contribution in [0.25, 0.3) is 10.9 Å². The molecular weight excluding hydrogens is 286 g/mol. The van der Waals surface area contributed by atoms with Gasteiger partial charge in [-0.15, -0.1) is 0 Å². The van der Waals surface area contributed by atoms with Crippen LogP contribution in [0.5, 0.6) is 0 Å². The number of aromatic nitrogens is 1. The molecule has 1 atom stereocenters. The van der Waals surface area contributed by atoms with Gasteiger partial charge in [-0.25, -0.2) is 18.1 Å². The maximum Gasteiger partial charge on any atom is 0.240 e. The first kappa shape index (κ1) is 15.7. The minimum atomic E-state index is -3.52. The molecule has 5 nitrogen and oxygen atoms in total. The third kappa shape index (κ3) is 3.92. The summed E-state index contributed by atoms with van der Waals surface area (Å²) in [5.74, 6) is 0.855. The molecule has 0 amide bonds. The molecule has 1 aromatic carbocycles. The molecule has 0 fully saturated rings. The van der Waals surface area contributed by atoms with Gasteiger partial charge in [0.05, 0.1) is 10.4 Å². The fourth-order valence-electron chi connectivity index (χ4n) is 2.37. The Bertz CT molecular complexity index is 742. The largest absolute Gasteiger partial charge is 0.384 e. The van der Waals surface area contributed by atoms with Crippen LogP contribution >= 0.6 is 0 Å². The summed E-state index contributed by atoms with van der Waals surface area (Å²) in [6.07, 6.45) is 0.797. The van der Waals surface area contributed by atoms with Gasteiger partial charge in [0.1, 0.15) is 5.82 Å². The van der Waals surface area contributed by atoms with Crippen molar-refractivity contribution in [3.63, 3.8) is 0 Å². The Balaban J connectivity index is 2.30. The third-order valence-electron chi connectivity index (χ3n) is 3.17. The van der Waals surface area contributed by atoms with Crippen molar-refractivity contribution >= 4 is 26.7 Å². The molecule has 2 rings (SSSR count). The van der Waals surface area contributed by atoms with Crippen molar-refractivity contribution in [1.29, 1.82) is 0 Å². The van der Waals surface area contributed by atoms with E-state index in [9.17, 15) is 8.42 Å². The number of rotatable bonds is 5. The van der Waals surface area contributed by atoms with Crippen molar-refractivity contribution in [1.82, 2.24) is 9.71 Å². The summed E-state index contributed by atoms with van der Waals surface area (Å²) in [6, 6.07) is 8.18. The highest BCUT2D eigenvalue weighted by Gasteiger charge is 2.18. The van der Waals surface area contributed by atoms with Gasteiger partial charge in [0, 0.05) is 11.4 Å². The van der Waals surface area contributed by atoms with Crippen LogP contribution in [-0.2, 0) is 10.0 Å². The van der Waals surface area contributed by atoms with E-state index in [1.807, 2.05) is 6.92 Å². The van der Waals surface area contributed by atoms with Gasteiger partial charge in [-0.1, -0.05) is 13.8 Å². The average molecular weight is 307 g/mol. The highest BCUT2D eigenvalue weighted by atomic mass is 32.2. The van der Waals surface area contributed by atoms with Gasteiger partial charge in [-0.2, -0.15) is 0 Å². The van der Waals surface area contributed by atoms with E-state index in [1.54, 1.807) is 30.3 Å². The van der Waals surface area contributed by atoms with E-state index < -0.39 is 10.0 Å². The zero-order valence-corrected chi connectivity index (χ0v) is 13.3. The molecule has 0 bridgehead atoms. The smallest absolute Gasteiger partial charge is 0.240 e. The van der Waals surface area contributed by atoms with Gasteiger partial charge in [-0.05, 0) is 49.6 Å². The number of benzene rings is 1. The lowest BCUT2D eigenvalue weighted by Gasteiger charge is -2.16. The summed E-state index contributed by atoms with van der Waals surface area (Å²) in [5, 5.41) is 0.753. The van der Waals surface area contributed by atoms with E-state index in [2.05, 4.69) is 23.6 Å². The van der Waals surface area contributed by atoms with Crippen LogP contribution in [-0.4, -0.2) is 19.4 Å². The molecule has 0 saturated heterocycles. The molecule has 0 aliphatic heterocycles. The maximum absolute atomic E-state index is 12.4. The summed E-state index contributed by atoms with van der Waals surface area (Å²) < 4.78 is 27.5. The van der Waals surface area contributed by atoms with Crippen molar-refractivity contribution in [2.75, 3.05) is 5.73 Å². The zero-order valence-electron chi connectivity index (χ0n) is 12.5. The number of hydrogen-bond donors (Lipinski definition) is 2. The number of anilines is 1. The van der Waals surface area contributed by atoms with Crippen LogP contribution < -0.4 is 10.5 Å². The zero-order chi connectivity index (χ0) is 15.6. The molecule has 0 saturated carbocycles. The topological polar surface area (TPSA) is 85.1 Å². The Labute approximate surface area is 125 Å². The lowest BCUT2D eigenvalue weighted by atomic mass is 10.1. The van der Waals surface area contributed by atoms with Gasteiger partial charge >= 0.3 is 0 Å². The quantitative estimate of drug-likeness (QED) is 0.889. The van der Waals surface area contributed by atoms with Crippen LogP contribution in [0.15, 0.2) is 35.2 Å². The molecule has 1 aromatic heterocycles. The Morgan fingerprint density at radius 3 is 2.57 bits per heavy atom. The molecular formula is C15H21N3O2S. The lowest BCUT2D eigenvalue weighted by molar-refractivity contribution is 0.482. The Morgan fingerprint density at radius 1 is 1.19 bits per heavy atom. The first-order valence-corrected chi connectivity index (χ1v) is 8.45. The average Bonchev–Trinajstić information content (AvgIpc) is 2.36. The normalized spacial score (nSPS) is 13.7. The minimum Gasteiger partial charge on any atom is -0.384 e. The van der Waals surface area contributed by atoms with Crippen LogP contribution in [0.3, 0.4) is 0 Å². The SMILES string of the molecule is CC(C)CC(C)NS(=O)(=O)c1ccc2nc(N)ccc2c1. The number of nitrogens with zero attached hydrogens (tertiary/aromatic N) is 1. The second-order valence-electron chi connectivity index (χ2n) is 5.74. The van der Waals surface area contributed by atoms with E-state index in [0.717, 1.165) is 11.8 Å². The van der Waals surface area contributed by atoms with E-state index in [1.165, 1.54) is 0 Å². The van der Waals surface area contributed by atoms with Crippen LogP contribution in [0.4, 0.5) is 5.82 Å². The predicted octanol–water partition coefficient (Wildman–Crippen LogP) is 2.53. The molecule has 21 heavy (non-hydrogen) atoms. The fourth-order valence-corrected chi connectivity index (χ4v) is 3.67. The van der Waals surface area contributed by atoms with Crippen LogP contribution in [0.2, 0.25) is 0 Å². The molecule has 0 spiro atoms. The Morgan fingerprint density at radius 2 is 1.90 bits per heavy atom. The first-order valence-electron chi connectivity index (χ1n) is 6.96. The highest BCUT2D eigenvalue weighted by Crippen LogP contribution is 2.19. The Hall–Kier alpha value is -1.66. The number of fused-ring (bicyclic) bond motifs is 1. The predicted molar refractivity (Wildman–Crippen MR) is 85.4 cm³/mol. The van der Waals surface area contributed by atoms with E-state index >= 15 is 0 Å². The number of nitrogens with two attached hydrogens (primary N) is 1. The van der Waals surface area contributed by atoms with Crippen molar-refractivity contribution in [2.45, 2.75) is 38.1 Å². The highest BCUT2D eigenvalue weighted by molar-refractivity contribution is 7.89. The summed E-state index contributed by atoms with van der Waals surface area (Å²) in [7, 11) is -3.52. The van der Waals surface area contributed by atoms with Gasteiger partial charge in [0.25, 0.3) is 0 Å². The van der Waals surface area contributed by atoms with Crippen molar-refractivity contribution in [2.24, 2.45) is 5.92 Å². The van der Waals surface area contributed by atoms with Gasteiger partial charge in [-0.3, -0.25) is 0 Å². The summed E-state index contributed by atoms with van der Waals surface area (Å²) >= 11 is 0. The van der Waals surface area contributed by atoms with E-state index in [-0.39, 0.29) is 10.9 Å². The molecule has 3 N–H and O–H groups in total. The number of pyridine rings is 1. The van der Waals surface area contributed by atoms with Crippen molar-refractivity contribution < 1.29 is 8.42 Å². The molecule has 0 radical (unpaired) electrons. The van der Waals surface area contributed by atoms with Crippen LogP contribution in [0.1, 0.15) is 27.2 Å². The van der Waals surface area contributed by atoms with Crippen LogP contribution in [0, 0.1) is 5.92 Å². The number of sulfonamides is 1. The molecule has 0 aliphatic rings. The number of nitrogens with one attached hydrogen (secondary N) is 1. The molecule has 2 aromatic rings. The standard InChI is InChI=1S/C15H21N3O2S/c1-10(2)8-11(3)18-21(19,20)13-5-6-14-12(9-13)4-7-15(16)17-14/h4-7,9-11,18H,8H2,1-3H3,(H2,16,17). The Kier molecular flexibility index (Phi) is 4.49. The fraction of sp³-hybridized carbons (Fsp3) is 0.400. The monoisotopic (exact) mass is 307 g/mol.